The molecule has 1 heterocycles. The number of hydrogen-bond donors (Lipinski definition) is 1. The number of rotatable bonds is 4. The molecule has 0 saturated heterocycles. The van der Waals surface area contributed by atoms with Gasteiger partial charge in [0.1, 0.15) is 22.9 Å². The van der Waals surface area contributed by atoms with Crippen molar-refractivity contribution in [2.24, 2.45) is 0 Å². The zero-order valence-corrected chi connectivity index (χ0v) is 17.1. The molecule has 5 nitrogen and oxygen atoms in total. The van der Waals surface area contributed by atoms with Crippen molar-refractivity contribution in [1.29, 1.82) is 0 Å². The number of hydrogen-bond acceptors (Lipinski definition) is 3. The molecule has 2 aromatic carbocycles. The van der Waals surface area contributed by atoms with Crippen molar-refractivity contribution in [2.45, 2.75) is 25.2 Å². The van der Waals surface area contributed by atoms with Gasteiger partial charge in [-0.05, 0) is 43.2 Å². The average molecular weight is 469 g/mol. The number of carbonyl (C=O) groups excluding carboxylic acids is 1. The van der Waals surface area contributed by atoms with E-state index < -0.39 is 41.3 Å². The molecule has 1 aromatic heterocycles. The fourth-order valence-electron chi connectivity index (χ4n) is 3.67. The van der Waals surface area contributed by atoms with Gasteiger partial charge in [0.25, 0.3) is 5.92 Å². The van der Waals surface area contributed by atoms with Crippen molar-refractivity contribution >= 4 is 35.0 Å². The lowest BCUT2D eigenvalue weighted by atomic mass is 9.90. The number of halogens is 5. The van der Waals surface area contributed by atoms with Gasteiger partial charge in [-0.1, -0.05) is 29.3 Å². The zero-order chi connectivity index (χ0) is 22.5. The number of carbonyl (C=O) groups is 2. The van der Waals surface area contributed by atoms with E-state index in [1.54, 1.807) is 0 Å². The van der Waals surface area contributed by atoms with E-state index in [1.165, 1.54) is 18.2 Å². The van der Waals surface area contributed by atoms with E-state index in [2.05, 4.69) is 5.10 Å². The maximum atomic E-state index is 14.9. The lowest BCUT2D eigenvalue weighted by molar-refractivity contribution is -0.0283. The van der Waals surface area contributed by atoms with Crippen molar-refractivity contribution in [3.8, 4) is 5.69 Å². The Bertz CT molecular complexity index is 1220. The maximum Gasteiger partial charge on any atom is 0.335 e. The number of nitrogens with zero attached hydrogens (tertiary/aromatic N) is 2. The fourth-order valence-corrected chi connectivity index (χ4v) is 4.24. The SMILES string of the molecule is O=C(O)c1ccc(-n2nc(C(=O)c3c(Cl)cccc3Cl)c3c2C(F)(F)CCC3)c(F)c1. The third-order valence-corrected chi connectivity index (χ3v) is 5.71. The van der Waals surface area contributed by atoms with Crippen LogP contribution in [0.3, 0.4) is 0 Å². The van der Waals surface area contributed by atoms with Crippen LogP contribution in [0, 0.1) is 5.82 Å². The van der Waals surface area contributed by atoms with E-state index in [9.17, 15) is 22.8 Å². The molecule has 10 heteroatoms. The van der Waals surface area contributed by atoms with Crippen LogP contribution in [0.4, 0.5) is 13.2 Å². The molecule has 0 bridgehead atoms. The minimum Gasteiger partial charge on any atom is -0.478 e. The molecule has 4 rings (SSSR count). The molecule has 0 fully saturated rings. The van der Waals surface area contributed by atoms with Crippen LogP contribution in [0.1, 0.15) is 50.5 Å². The van der Waals surface area contributed by atoms with E-state index in [1.807, 2.05) is 0 Å². The Balaban J connectivity index is 1.96. The van der Waals surface area contributed by atoms with Gasteiger partial charge < -0.3 is 5.11 Å². The first-order valence-corrected chi connectivity index (χ1v) is 9.89. The van der Waals surface area contributed by atoms with Gasteiger partial charge in [0.2, 0.25) is 5.78 Å². The fraction of sp³-hybridized carbons (Fsp3) is 0.190. The normalized spacial score (nSPS) is 14.9. The molecule has 3 aromatic rings. The zero-order valence-electron chi connectivity index (χ0n) is 15.6. The molecule has 0 aliphatic heterocycles. The van der Waals surface area contributed by atoms with Gasteiger partial charge in [-0.3, -0.25) is 4.79 Å². The molecule has 0 unspecified atom stereocenters. The van der Waals surface area contributed by atoms with Crippen LogP contribution >= 0.6 is 23.2 Å². The van der Waals surface area contributed by atoms with Gasteiger partial charge in [-0.2, -0.15) is 13.9 Å². The van der Waals surface area contributed by atoms with Crippen LogP contribution in [0.15, 0.2) is 36.4 Å². The number of aromatic carboxylic acids is 1. The molecule has 160 valence electrons. The minimum absolute atomic E-state index is 0.0149. The van der Waals surface area contributed by atoms with Gasteiger partial charge >= 0.3 is 5.97 Å². The predicted molar refractivity (Wildman–Crippen MR) is 107 cm³/mol. The molecule has 1 aliphatic rings. The lowest BCUT2D eigenvalue weighted by Crippen LogP contribution is -2.25. The number of carboxylic acid groups (broad SMARTS) is 1. The Labute approximate surface area is 184 Å². The first kappa shape index (κ1) is 21.4. The Morgan fingerprint density at radius 3 is 2.42 bits per heavy atom. The summed E-state index contributed by atoms with van der Waals surface area (Å²) in [5, 5.41) is 13.1. The number of benzene rings is 2. The summed E-state index contributed by atoms with van der Waals surface area (Å²) in [4.78, 5) is 24.3. The molecule has 0 spiro atoms. The summed E-state index contributed by atoms with van der Waals surface area (Å²) in [5.41, 5.74) is -1.76. The highest BCUT2D eigenvalue weighted by molar-refractivity contribution is 6.41. The summed E-state index contributed by atoms with van der Waals surface area (Å²) in [5.74, 6) is -6.57. The summed E-state index contributed by atoms with van der Waals surface area (Å²) < 4.78 is 45.1. The molecule has 1 N–H and O–H groups in total. The molecule has 0 atom stereocenters. The molecular formula is C21H13Cl2F3N2O3. The minimum atomic E-state index is -3.37. The highest BCUT2D eigenvalue weighted by Gasteiger charge is 2.44. The number of ketones is 1. The molecular weight excluding hydrogens is 456 g/mol. The van der Waals surface area contributed by atoms with Crippen LogP contribution in [0.5, 0.6) is 0 Å². The van der Waals surface area contributed by atoms with Crippen molar-refractivity contribution in [3.63, 3.8) is 0 Å². The van der Waals surface area contributed by atoms with Crippen molar-refractivity contribution in [2.75, 3.05) is 0 Å². The van der Waals surface area contributed by atoms with Crippen molar-refractivity contribution in [3.05, 3.63) is 80.3 Å². The molecule has 0 amide bonds. The highest BCUT2D eigenvalue weighted by atomic mass is 35.5. The Morgan fingerprint density at radius 2 is 1.81 bits per heavy atom. The highest BCUT2D eigenvalue weighted by Crippen LogP contribution is 2.43. The molecule has 0 saturated carbocycles. The monoisotopic (exact) mass is 468 g/mol. The van der Waals surface area contributed by atoms with E-state index in [-0.39, 0.29) is 45.3 Å². The summed E-state index contributed by atoms with van der Waals surface area (Å²) >= 11 is 12.2. The van der Waals surface area contributed by atoms with Crippen molar-refractivity contribution in [1.82, 2.24) is 9.78 Å². The smallest absolute Gasteiger partial charge is 0.335 e. The Morgan fingerprint density at radius 1 is 1.13 bits per heavy atom. The van der Waals surface area contributed by atoms with Gasteiger partial charge in [-0.25, -0.2) is 13.9 Å². The van der Waals surface area contributed by atoms with Crippen LogP contribution in [0.25, 0.3) is 5.69 Å². The number of fused-ring (bicyclic) bond motifs is 1. The van der Waals surface area contributed by atoms with E-state index in [0.29, 0.717) is 10.7 Å². The molecule has 31 heavy (non-hydrogen) atoms. The first-order chi connectivity index (χ1) is 14.6. The summed E-state index contributed by atoms with van der Waals surface area (Å²) in [7, 11) is 0. The van der Waals surface area contributed by atoms with Crippen LogP contribution in [-0.4, -0.2) is 26.6 Å². The third-order valence-electron chi connectivity index (χ3n) is 5.08. The topological polar surface area (TPSA) is 72.2 Å². The standard InChI is InChI=1S/C21H13Cl2F3N2O3/c22-12-4-1-5-13(23)16(12)18(29)17-11-3-2-8-21(25,26)19(11)28(27-17)15-7-6-10(20(30)31)9-14(15)24/h1,4-7,9H,2-3,8H2,(H,30,31). The maximum absolute atomic E-state index is 14.9. The average Bonchev–Trinajstić information content (AvgIpc) is 3.08. The van der Waals surface area contributed by atoms with Gasteiger partial charge in [0.15, 0.2) is 0 Å². The van der Waals surface area contributed by atoms with Crippen LogP contribution in [0.2, 0.25) is 10.0 Å². The van der Waals surface area contributed by atoms with E-state index in [0.717, 1.165) is 12.1 Å². The Hall–Kier alpha value is -2.84. The third kappa shape index (κ3) is 3.59. The second kappa shape index (κ2) is 7.69. The van der Waals surface area contributed by atoms with E-state index in [4.69, 9.17) is 28.3 Å². The summed E-state index contributed by atoms with van der Waals surface area (Å²) in [6.07, 6.45) is -0.271. The van der Waals surface area contributed by atoms with Gasteiger partial charge in [0, 0.05) is 12.0 Å². The second-order valence-electron chi connectivity index (χ2n) is 7.04. The van der Waals surface area contributed by atoms with Crippen LogP contribution < -0.4 is 0 Å². The van der Waals surface area contributed by atoms with Gasteiger partial charge in [-0.15, -0.1) is 0 Å². The van der Waals surface area contributed by atoms with Gasteiger partial charge in [0.05, 0.1) is 21.2 Å². The lowest BCUT2D eigenvalue weighted by Gasteiger charge is -2.24. The summed E-state index contributed by atoms with van der Waals surface area (Å²) in [6.45, 7) is 0. The quantitative estimate of drug-likeness (QED) is 0.500. The first-order valence-electron chi connectivity index (χ1n) is 9.14. The van der Waals surface area contributed by atoms with Crippen molar-refractivity contribution < 1.29 is 27.9 Å². The Kier molecular flexibility index (Phi) is 5.31. The summed E-state index contributed by atoms with van der Waals surface area (Å²) in [6, 6.07) is 7.21. The number of carboxylic acids is 1. The number of aromatic nitrogens is 2. The van der Waals surface area contributed by atoms with Crippen LogP contribution in [-0.2, 0) is 12.3 Å². The second-order valence-corrected chi connectivity index (χ2v) is 7.86. The predicted octanol–water partition coefficient (Wildman–Crippen LogP) is 5.68. The largest absolute Gasteiger partial charge is 0.478 e. The molecule has 0 radical (unpaired) electrons. The van der Waals surface area contributed by atoms with E-state index >= 15 is 0 Å². The molecule has 1 aliphatic carbocycles. The number of alkyl halides is 2.